The van der Waals surface area contributed by atoms with Crippen molar-refractivity contribution in [3.8, 4) is 0 Å². The van der Waals surface area contributed by atoms with E-state index in [1.807, 2.05) is 0 Å². The van der Waals surface area contributed by atoms with E-state index in [-0.39, 0.29) is 27.8 Å². The fraction of sp³-hybridized carbons (Fsp3) is 0.250. The Morgan fingerprint density at radius 2 is 1.43 bits per heavy atom. The molecule has 0 spiro atoms. The normalized spacial score (nSPS) is 12.7. The highest BCUT2D eigenvalue weighted by Gasteiger charge is 2.31. The van der Waals surface area contributed by atoms with Crippen LogP contribution < -0.4 is 20.5 Å². The van der Waals surface area contributed by atoms with Crippen molar-refractivity contribution in [3.63, 3.8) is 0 Å². The number of sulfonamides is 2. The Balaban J connectivity index is 1.75. The molecule has 0 aromatic heterocycles. The van der Waals surface area contributed by atoms with Crippen molar-refractivity contribution < 1.29 is 35.9 Å². The number of nitrogens with zero attached hydrogens (tertiary/aromatic N) is 1. The molecule has 1 atom stereocenters. The lowest BCUT2D eigenvalue weighted by molar-refractivity contribution is -0.152. The van der Waals surface area contributed by atoms with Crippen molar-refractivity contribution in [2.24, 2.45) is 5.73 Å². The number of esters is 2. The highest BCUT2D eigenvalue weighted by Crippen LogP contribution is 2.36. The molecule has 0 heterocycles. The molecule has 12 nitrogen and oxygen atoms in total. The number of rotatable bonds is 11. The third kappa shape index (κ3) is 7.76. The first-order valence-corrected chi connectivity index (χ1v) is 17.1. The molecule has 46 heavy (non-hydrogen) atoms. The van der Waals surface area contributed by atoms with Crippen LogP contribution in [0.3, 0.4) is 0 Å². The van der Waals surface area contributed by atoms with Gasteiger partial charge in [-0.25, -0.2) is 21.6 Å². The largest absolute Gasteiger partial charge is 0.465 e. The number of hydrogen-bond donors (Lipinski definition) is 3. The third-order valence-corrected chi connectivity index (χ3v) is 9.82. The van der Waals surface area contributed by atoms with E-state index < -0.39 is 50.2 Å². The van der Waals surface area contributed by atoms with Crippen molar-refractivity contribution in [1.82, 2.24) is 0 Å². The van der Waals surface area contributed by atoms with Crippen LogP contribution in [0.25, 0.3) is 10.8 Å². The summed E-state index contributed by atoms with van der Waals surface area (Å²) in [6, 6.07) is 19.4. The van der Waals surface area contributed by atoms with Crippen LogP contribution in [0, 0.1) is 0 Å². The standard InChI is InChI=1S/C32H36N4O8S2/c1-5-43-31(38)30(34)21-10-14-23(15-11-21)45(39,40)35-27-18-19-28(26-9-7-6-8-25(26)27)36(20-29(37)44-32(2,3)4)46(41,42)24-16-12-22(33)13-17-24/h6-19,30,35H,5,20,33-34H2,1-4H3/t30-/m0/s1. The van der Waals surface area contributed by atoms with E-state index in [0.717, 1.165) is 4.31 Å². The zero-order chi connectivity index (χ0) is 33.9. The second-order valence-electron chi connectivity index (χ2n) is 11.2. The van der Waals surface area contributed by atoms with Crippen molar-refractivity contribution in [2.45, 2.75) is 49.1 Å². The number of carbonyl (C=O) groups is 2. The van der Waals surface area contributed by atoms with Gasteiger partial charge in [-0.05, 0) is 81.8 Å². The van der Waals surface area contributed by atoms with Gasteiger partial charge in [0, 0.05) is 16.5 Å². The zero-order valence-electron chi connectivity index (χ0n) is 25.8. The van der Waals surface area contributed by atoms with Gasteiger partial charge in [-0.2, -0.15) is 0 Å². The number of hydrogen-bond acceptors (Lipinski definition) is 10. The van der Waals surface area contributed by atoms with Gasteiger partial charge in [-0.15, -0.1) is 0 Å². The van der Waals surface area contributed by atoms with E-state index in [2.05, 4.69) is 4.72 Å². The molecule has 5 N–H and O–H groups in total. The second-order valence-corrected chi connectivity index (χ2v) is 14.8. The Morgan fingerprint density at radius 1 is 0.848 bits per heavy atom. The summed E-state index contributed by atoms with van der Waals surface area (Å²) < 4.78 is 68.6. The Labute approximate surface area is 268 Å². The van der Waals surface area contributed by atoms with E-state index in [1.54, 1.807) is 52.0 Å². The smallest absolute Gasteiger partial charge is 0.327 e. The average molecular weight is 669 g/mol. The SMILES string of the molecule is CCOC(=O)[C@@H](N)c1ccc(S(=O)(=O)Nc2ccc(N(CC(=O)OC(C)(C)C)S(=O)(=O)c3ccc(N)cc3)c3ccccc23)cc1. The van der Waals surface area contributed by atoms with Crippen molar-refractivity contribution >= 4 is 59.8 Å². The van der Waals surface area contributed by atoms with Crippen LogP contribution in [-0.4, -0.2) is 47.5 Å². The molecule has 0 fully saturated rings. The third-order valence-electron chi connectivity index (χ3n) is 6.66. The van der Waals surface area contributed by atoms with Gasteiger partial charge >= 0.3 is 11.9 Å². The number of benzene rings is 4. The number of nitrogens with two attached hydrogens (primary N) is 2. The molecule has 0 saturated heterocycles. The first-order valence-electron chi connectivity index (χ1n) is 14.2. The Kier molecular flexibility index (Phi) is 9.94. The van der Waals surface area contributed by atoms with Gasteiger partial charge in [-0.3, -0.25) is 13.8 Å². The van der Waals surface area contributed by atoms with E-state index in [4.69, 9.17) is 20.9 Å². The van der Waals surface area contributed by atoms with Gasteiger partial charge in [0.25, 0.3) is 20.0 Å². The quantitative estimate of drug-likeness (QED) is 0.153. The Morgan fingerprint density at radius 3 is 2.02 bits per heavy atom. The first kappa shape index (κ1) is 34.2. The average Bonchev–Trinajstić information content (AvgIpc) is 2.99. The molecule has 0 unspecified atom stereocenters. The van der Waals surface area contributed by atoms with Crippen LogP contribution in [-0.2, 0) is 39.1 Å². The molecule has 0 radical (unpaired) electrons. The molecule has 14 heteroatoms. The van der Waals surface area contributed by atoms with Gasteiger partial charge in [0.05, 0.1) is 27.8 Å². The first-order chi connectivity index (χ1) is 21.5. The maximum atomic E-state index is 14.0. The molecular weight excluding hydrogens is 633 g/mol. The fourth-order valence-electron chi connectivity index (χ4n) is 4.57. The van der Waals surface area contributed by atoms with Gasteiger partial charge in [0.1, 0.15) is 18.2 Å². The minimum absolute atomic E-state index is 0.0991. The lowest BCUT2D eigenvalue weighted by Gasteiger charge is -2.27. The summed E-state index contributed by atoms with van der Waals surface area (Å²) >= 11 is 0. The molecule has 0 saturated carbocycles. The zero-order valence-corrected chi connectivity index (χ0v) is 27.4. The molecule has 4 aromatic carbocycles. The van der Waals surface area contributed by atoms with Crippen molar-refractivity contribution in [3.05, 3.63) is 90.5 Å². The molecule has 0 amide bonds. The van der Waals surface area contributed by atoms with Crippen molar-refractivity contribution in [1.29, 1.82) is 0 Å². The predicted molar refractivity (Wildman–Crippen MR) is 176 cm³/mol. The minimum atomic E-state index is -4.33. The number of nitrogens with one attached hydrogen (secondary N) is 1. The van der Waals surface area contributed by atoms with Crippen LogP contribution in [0.1, 0.15) is 39.3 Å². The van der Waals surface area contributed by atoms with Crippen LogP contribution in [0.5, 0.6) is 0 Å². The maximum absolute atomic E-state index is 14.0. The van der Waals surface area contributed by atoms with Crippen LogP contribution in [0.4, 0.5) is 17.1 Å². The number of carbonyl (C=O) groups excluding carboxylic acids is 2. The van der Waals surface area contributed by atoms with Gasteiger partial charge in [-0.1, -0.05) is 36.4 Å². The lowest BCUT2D eigenvalue weighted by Crippen LogP contribution is -2.39. The van der Waals surface area contributed by atoms with Gasteiger partial charge in [0.15, 0.2) is 0 Å². The molecule has 4 aromatic rings. The highest BCUT2D eigenvalue weighted by molar-refractivity contribution is 7.93. The summed E-state index contributed by atoms with van der Waals surface area (Å²) in [6.07, 6.45) is 0. The summed E-state index contributed by atoms with van der Waals surface area (Å²) in [5.41, 5.74) is 11.8. The second kappa shape index (κ2) is 13.4. The van der Waals surface area contributed by atoms with E-state index in [0.29, 0.717) is 22.0 Å². The topological polar surface area (TPSA) is 188 Å². The minimum Gasteiger partial charge on any atom is -0.465 e. The summed E-state index contributed by atoms with van der Waals surface area (Å²) in [5, 5.41) is 0.715. The molecule has 244 valence electrons. The maximum Gasteiger partial charge on any atom is 0.327 e. The molecular formula is C32H36N4O8S2. The van der Waals surface area contributed by atoms with E-state index in [1.165, 1.54) is 60.7 Å². The van der Waals surface area contributed by atoms with E-state index >= 15 is 0 Å². The van der Waals surface area contributed by atoms with Crippen LogP contribution in [0.15, 0.2) is 94.7 Å². The highest BCUT2D eigenvalue weighted by atomic mass is 32.2. The fourth-order valence-corrected chi connectivity index (χ4v) is 7.08. The molecule has 0 aliphatic carbocycles. The molecule has 0 aliphatic heterocycles. The van der Waals surface area contributed by atoms with E-state index in [9.17, 15) is 26.4 Å². The number of fused-ring (bicyclic) bond motifs is 1. The summed E-state index contributed by atoms with van der Waals surface area (Å²) in [5.74, 6) is -1.42. The number of anilines is 3. The van der Waals surface area contributed by atoms with Crippen molar-refractivity contribution in [2.75, 3.05) is 27.9 Å². The molecule has 0 aliphatic rings. The predicted octanol–water partition coefficient (Wildman–Crippen LogP) is 4.32. The van der Waals surface area contributed by atoms with Crippen LogP contribution >= 0.6 is 0 Å². The van der Waals surface area contributed by atoms with Gasteiger partial charge in [0.2, 0.25) is 0 Å². The van der Waals surface area contributed by atoms with Crippen LogP contribution in [0.2, 0.25) is 0 Å². The monoisotopic (exact) mass is 668 g/mol. The Bertz CT molecular complexity index is 1960. The summed E-state index contributed by atoms with van der Waals surface area (Å²) in [6.45, 7) is 6.16. The summed E-state index contributed by atoms with van der Waals surface area (Å²) in [4.78, 5) is 24.8. The van der Waals surface area contributed by atoms with Gasteiger partial charge < -0.3 is 20.9 Å². The molecule has 4 rings (SSSR count). The lowest BCUT2D eigenvalue weighted by atomic mass is 10.1. The summed E-state index contributed by atoms with van der Waals surface area (Å²) in [7, 11) is -8.48. The number of nitrogen functional groups attached to an aromatic ring is 1. The molecule has 0 bridgehead atoms. The number of ether oxygens (including phenoxy) is 2. The Hall–Kier alpha value is -4.66.